The molecule has 0 aliphatic carbocycles. The minimum absolute atomic E-state index is 0.101. The molecule has 7 rings (SSSR count). The van der Waals surface area contributed by atoms with Crippen molar-refractivity contribution in [2.24, 2.45) is 0 Å². The van der Waals surface area contributed by atoms with Crippen molar-refractivity contribution >= 4 is 33.9 Å². The van der Waals surface area contributed by atoms with E-state index in [-0.39, 0.29) is 18.7 Å². The quantitative estimate of drug-likeness (QED) is 0.225. The zero-order valence-corrected chi connectivity index (χ0v) is 26.7. The van der Waals surface area contributed by atoms with Gasteiger partial charge in [-0.2, -0.15) is 9.97 Å². The first-order chi connectivity index (χ1) is 21.9. The predicted octanol–water partition coefficient (Wildman–Crippen LogP) is 5.79. The lowest BCUT2D eigenvalue weighted by atomic mass is 9.95. The Balaban J connectivity index is 1.27. The van der Waals surface area contributed by atoms with Gasteiger partial charge in [-0.25, -0.2) is 4.39 Å². The van der Waals surface area contributed by atoms with Gasteiger partial charge in [-0.3, -0.25) is 4.98 Å². The molecule has 2 aromatic heterocycles. The summed E-state index contributed by atoms with van der Waals surface area (Å²) < 4.78 is 32.3. The van der Waals surface area contributed by atoms with Crippen molar-refractivity contribution in [3.05, 3.63) is 75.9 Å². The summed E-state index contributed by atoms with van der Waals surface area (Å²) in [5.74, 6) is 1.25. The number of likely N-dealkylation sites (N-methyl/N-ethyl adjacent to an activating group) is 1. The zero-order chi connectivity index (χ0) is 31.1. The number of halogens is 2. The lowest BCUT2D eigenvalue weighted by molar-refractivity contribution is 0.0512. The summed E-state index contributed by atoms with van der Waals surface area (Å²) in [6, 6.07) is 10.7. The van der Waals surface area contributed by atoms with E-state index >= 15 is 0 Å². The highest BCUT2D eigenvalue weighted by molar-refractivity contribution is 6.36. The monoisotopic (exact) mass is 632 g/mol. The Hall–Kier alpha value is -3.73. The number of benzene rings is 2. The molecule has 45 heavy (non-hydrogen) atoms. The van der Waals surface area contributed by atoms with Gasteiger partial charge in [0.1, 0.15) is 24.0 Å². The number of ether oxygens (including phenoxy) is 3. The first-order valence-electron chi connectivity index (χ1n) is 15.6. The molecule has 3 aliphatic rings. The average Bonchev–Trinajstić information content (AvgIpc) is 3.46. The van der Waals surface area contributed by atoms with Gasteiger partial charge in [0.15, 0.2) is 6.79 Å². The second-order valence-corrected chi connectivity index (χ2v) is 12.7. The SMILES string of the molecule is COCOc1cc(N2CCc3c(nc(OC[C@@H]4CCCN4C)nc3N3Cc4c(F)cncc4CC3C)C2)c2c(Cl)cccc2c1. The summed E-state index contributed by atoms with van der Waals surface area (Å²) in [5.41, 5.74) is 4.57. The fraction of sp³-hybridized carbons (Fsp3) is 0.441. The molecule has 3 aliphatic heterocycles. The molecule has 0 saturated carbocycles. The van der Waals surface area contributed by atoms with Crippen LogP contribution in [0.1, 0.15) is 42.1 Å². The second kappa shape index (κ2) is 12.6. The van der Waals surface area contributed by atoms with Crippen molar-refractivity contribution in [3.8, 4) is 11.8 Å². The fourth-order valence-electron chi connectivity index (χ4n) is 6.94. The minimum Gasteiger partial charge on any atom is -0.467 e. The lowest BCUT2D eigenvalue weighted by Gasteiger charge is -2.39. The van der Waals surface area contributed by atoms with Gasteiger partial charge in [0.05, 0.1) is 29.1 Å². The van der Waals surface area contributed by atoms with Gasteiger partial charge in [0.2, 0.25) is 0 Å². The number of pyridine rings is 1. The molecule has 9 nitrogen and oxygen atoms in total. The number of hydrogen-bond acceptors (Lipinski definition) is 9. The normalized spacial score (nSPS) is 19.9. The first kappa shape index (κ1) is 30.0. The lowest BCUT2D eigenvalue weighted by Crippen LogP contribution is -2.41. The topological polar surface area (TPSA) is 76.1 Å². The van der Waals surface area contributed by atoms with Crippen LogP contribution < -0.4 is 19.3 Å². The van der Waals surface area contributed by atoms with Gasteiger partial charge in [-0.15, -0.1) is 0 Å². The van der Waals surface area contributed by atoms with Crippen molar-refractivity contribution in [2.45, 2.75) is 57.8 Å². The second-order valence-electron chi connectivity index (χ2n) is 12.3. The number of hydrogen-bond donors (Lipinski definition) is 0. The largest absolute Gasteiger partial charge is 0.467 e. The third kappa shape index (κ3) is 5.87. The van der Waals surface area contributed by atoms with Crippen LogP contribution in [0.5, 0.6) is 11.8 Å². The predicted molar refractivity (Wildman–Crippen MR) is 173 cm³/mol. The summed E-state index contributed by atoms with van der Waals surface area (Å²) in [4.78, 5) is 21.0. The Morgan fingerprint density at radius 1 is 1.07 bits per heavy atom. The van der Waals surface area contributed by atoms with Gasteiger partial charge in [-0.05, 0) is 69.3 Å². The highest BCUT2D eigenvalue weighted by Crippen LogP contribution is 2.40. The van der Waals surface area contributed by atoms with Crippen LogP contribution >= 0.6 is 11.6 Å². The molecule has 0 radical (unpaired) electrons. The van der Waals surface area contributed by atoms with E-state index in [1.807, 2.05) is 30.3 Å². The van der Waals surface area contributed by atoms with Gasteiger partial charge in [-0.1, -0.05) is 23.7 Å². The molecule has 0 N–H and O–H groups in total. The molecule has 0 bridgehead atoms. The van der Waals surface area contributed by atoms with Crippen molar-refractivity contribution in [2.75, 3.05) is 50.4 Å². The van der Waals surface area contributed by atoms with E-state index in [1.165, 1.54) is 6.20 Å². The van der Waals surface area contributed by atoms with Gasteiger partial charge >= 0.3 is 6.01 Å². The number of rotatable bonds is 8. The molecule has 2 atom stereocenters. The maximum absolute atomic E-state index is 15.0. The Labute approximate surface area is 267 Å². The molecular formula is C34H38ClFN6O3. The van der Waals surface area contributed by atoms with Crippen LogP contribution in [0, 0.1) is 5.82 Å². The Kier molecular flexibility index (Phi) is 8.37. The van der Waals surface area contributed by atoms with Gasteiger partial charge in [0.25, 0.3) is 0 Å². The van der Waals surface area contributed by atoms with Crippen molar-refractivity contribution in [1.82, 2.24) is 19.9 Å². The van der Waals surface area contributed by atoms with E-state index in [9.17, 15) is 4.39 Å². The third-order valence-electron chi connectivity index (χ3n) is 9.40. The fourth-order valence-corrected chi connectivity index (χ4v) is 7.22. The first-order valence-corrected chi connectivity index (χ1v) is 16.0. The van der Waals surface area contributed by atoms with Crippen LogP contribution in [0.25, 0.3) is 10.8 Å². The molecular weight excluding hydrogens is 595 g/mol. The molecule has 1 unspecified atom stereocenters. The smallest absolute Gasteiger partial charge is 0.318 e. The Morgan fingerprint density at radius 2 is 1.96 bits per heavy atom. The van der Waals surface area contributed by atoms with Crippen molar-refractivity contribution < 1.29 is 18.6 Å². The highest BCUT2D eigenvalue weighted by Gasteiger charge is 2.33. The summed E-state index contributed by atoms with van der Waals surface area (Å²) in [6.07, 6.45) is 6.72. The molecule has 1 fully saturated rings. The van der Waals surface area contributed by atoms with Crippen LogP contribution in [-0.2, 0) is 30.7 Å². The number of nitrogens with zero attached hydrogens (tertiary/aromatic N) is 6. The molecule has 236 valence electrons. The average molecular weight is 633 g/mol. The van der Waals surface area contributed by atoms with Crippen LogP contribution in [0.3, 0.4) is 0 Å². The maximum atomic E-state index is 15.0. The molecule has 0 amide bonds. The summed E-state index contributed by atoms with van der Waals surface area (Å²) in [6.45, 7) is 5.57. The number of fused-ring (bicyclic) bond motifs is 3. The van der Waals surface area contributed by atoms with E-state index in [0.29, 0.717) is 60.9 Å². The third-order valence-corrected chi connectivity index (χ3v) is 9.72. The van der Waals surface area contributed by atoms with Gasteiger partial charge < -0.3 is 28.9 Å². The highest BCUT2D eigenvalue weighted by atomic mass is 35.5. The van der Waals surface area contributed by atoms with E-state index < -0.39 is 0 Å². The Morgan fingerprint density at radius 3 is 2.78 bits per heavy atom. The van der Waals surface area contributed by atoms with Crippen molar-refractivity contribution in [3.63, 3.8) is 0 Å². The number of anilines is 2. The minimum atomic E-state index is -0.279. The molecule has 4 aromatic rings. The molecule has 1 saturated heterocycles. The van der Waals surface area contributed by atoms with E-state index in [2.05, 4.69) is 33.7 Å². The summed E-state index contributed by atoms with van der Waals surface area (Å²) in [7, 11) is 3.74. The molecule has 5 heterocycles. The molecule has 11 heteroatoms. The zero-order valence-electron chi connectivity index (χ0n) is 25.9. The van der Waals surface area contributed by atoms with E-state index in [0.717, 1.165) is 65.0 Å². The molecule has 0 spiro atoms. The van der Waals surface area contributed by atoms with Crippen molar-refractivity contribution in [1.29, 1.82) is 0 Å². The molecule has 2 aromatic carbocycles. The standard InChI is InChI=1S/C34H38ClFN6O3/c1-21-12-23-15-37-16-29(36)27(23)17-42(21)33-26-9-11-41(18-30(26)38-34(39-33)44-19-24-7-5-10-40(24)2)31-14-25(45-20-43-3)13-22-6-4-8-28(35)32(22)31/h4,6,8,13-16,21,24H,5,7,9-12,17-20H2,1-3H3/t21?,24-/m0/s1. The van der Waals surface area contributed by atoms with E-state index in [1.54, 1.807) is 13.3 Å². The van der Waals surface area contributed by atoms with Crippen LogP contribution in [0.2, 0.25) is 5.02 Å². The van der Waals surface area contributed by atoms with Gasteiger partial charge in [0, 0.05) is 61.1 Å². The number of aromatic nitrogens is 3. The Bertz CT molecular complexity index is 1720. The number of methoxy groups -OCH3 is 1. The maximum Gasteiger partial charge on any atom is 0.318 e. The van der Waals surface area contributed by atoms with Crippen LogP contribution in [0.15, 0.2) is 42.7 Å². The van der Waals surface area contributed by atoms with E-state index in [4.69, 9.17) is 35.8 Å². The van der Waals surface area contributed by atoms with Crippen LogP contribution in [0.4, 0.5) is 15.9 Å². The number of likely N-dealkylation sites (tertiary alicyclic amines) is 1. The summed E-state index contributed by atoms with van der Waals surface area (Å²) in [5, 5.41) is 2.63. The van der Waals surface area contributed by atoms with Crippen LogP contribution in [-0.4, -0.2) is 72.6 Å². The summed E-state index contributed by atoms with van der Waals surface area (Å²) >= 11 is 6.79.